The first-order valence-corrected chi connectivity index (χ1v) is 10.7. The topological polar surface area (TPSA) is 50.7 Å². The van der Waals surface area contributed by atoms with Crippen molar-refractivity contribution >= 4 is 23.3 Å². The van der Waals surface area contributed by atoms with Crippen LogP contribution >= 0.6 is 12.2 Å². The molecule has 0 amide bonds. The van der Waals surface area contributed by atoms with Gasteiger partial charge in [0.05, 0.1) is 5.39 Å². The Hall–Kier alpha value is -1.63. The summed E-state index contributed by atoms with van der Waals surface area (Å²) in [7, 11) is 0. The van der Waals surface area contributed by atoms with Crippen molar-refractivity contribution in [3.05, 3.63) is 32.4 Å². The van der Waals surface area contributed by atoms with E-state index in [1.165, 1.54) is 25.3 Å². The molecule has 150 valence electrons. The minimum atomic E-state index is -2.73. The minimum absolute atomic E-state index is 0.0224. The largest absolute Gasteiger partial charge is 0.300 e. The Labute approximate surface area is 167 Å². The number of nitrogens with one attached hydrogen (secondary N) is 1. The molecule has 4 nitrogen and oxygen atoms in total. The van der Waals surface area contributed by atoms with Crippen LogP contribution in [0.5, 0.6) is 0 Å². The van der Waals surface area contributed by atoms with Gasteiger partial charge in [-0.25, -0.2) is 13.8 Å². The van der Waals surface area contributed by atoms with Gasteiger partial charge in [0, 0.05) is 22.7 Å². The maximum Gasteiger partial charge on any atom is 0.264 e. The van der Waals surface area contributed by atoms with E-state index in [-0.39, 0.29) is 27.2 Å². The highest BCUT2D eigenvalue weighted by molar-refractivity contribution is 7.71. The van der Waals surface area contributed by atoms with Crippen molar-refractivity contribution < 1.29 is 8.78 Å². The molecule has 2 aromatic rings. The zero-order chi connectivity index (χ0) is 19.8. The van der Waals surface area contributed by atoms with Gasteiger partial charge in [-0.1, -0.05) is 0 Å². The third-order valence-corrected chi connectivity index (χ3v) is 7.56. The molecule has 4 saturated carbocycles. The third-order valence-electron chi connectivity index (χ3n) is 7.26. The van der Waals surface area contributed by atoms with E-state index in [1.54, 1.807) is 4.57 Å². The van der Waals surface area contributed by atoms with Gasteiger partial charge in [0.25, 0.3) is 12.0 Å². The minimum Gasteiger partial charge on any atom is -0.300 e. The molecule has 0 radical (unpaired) electrons. The molecule has 0 unspecified atom stereocenters. The summed E-state index contributed by atoms with van der Waals surface area (Å²) in [5.41, 5.74) is 0.167. The van der Waals surface area contributed by atoms with Gasteiger partial charge in [0.15, 0.2) is 4.77 Å². The zero-order valence-corrected chi connectivity index (χ0v) is 17.0. The predicted molar refractivity (Wildman–Crippen MR) is 106 cm³/mol. The molecule has 0 aliphatic heterocycles. The number of aromatic nitrogens is 3. The van der Waals surface area contributed by atoms with E-state index in [0.29, 0.717) is 23.4 Å². The molecular formula is C21H25F2N3OS. The third kappa shape index (κ3) is 2.61. The van der Waals surface area contributed by atoms with Crippen LogP contribution < -0.4 is 5.56 Å². The molecule has 0 spiro atoms. The number of hydrogen-bond acceptors (Lipinski definition) is 3. The Bertz CT molecular complexity index is 1040. The van der Waals surface area contributed by atoms with Crippen LogP contribution in [0.15, 0.2) is 10.9 Å². The number of fused-ring (bicyclic) bond motifs is 1. The molecule has 4 bridgehead atoms. The fraction of sp³-hybridized carbons (Fsp3) is 0.667. The van der Waals surface area contributed by atoms with Crippen molar-refractivity contribution in [2.24, 2.45) is 17.8 Å². The van der Waals surface area contributed by atoms with Crippen molar-refractivity contribution in [1.82, 2.24) is 14.5 Å². The van der Waals surface area contributed by atoms with E-state index < -0.39 is 12.0 Å². The molecule has 2 heterocycles. The van der Waals surface area contributed by atoms with E-state index in [0.717, 1.165) is 25.0 Å². The number of halogens is 2. The van der Waals surface area contributed by atoms with Crippen molar-refractivity contribution in [2.75, 3.05) is 0 Å². The highest BCUT2D eigenvalue weighted by Gasteiger charge is 2.52. The lowest BCUT2D eigenvalue weighted by Gasteiger charge is -2.56. The lowest BCUT2D eigenvalue weighted by atomic mass is 9.48. The number of pyridine rings is 1. The number of hydrogen-bond donors (Lipinski definition) is 1. The molecule has 2 aromatic heterocycles. The molecule has 0 saturated heterocycles. The van der Waals surface area contributed by atoms with E-state index in [4.69, 9.17) is 17.2 Å². The van der Waals surface area contributed by atoms with Crippen LogP contribution in [0.2, 0.25) is 0 Å². The summed E-state index contributed by atoms with van der Waals surface area (Å²) in [6, 6.07) is 1.44. The van der Waals surface area contributed by atoms with E-state index >= 15 is 0 Å². The van der Waals surface area contributed by atoms with Crippen molar-refractivity contribution in [3.8, 4) is 0 Å². The standard InChI is InChI=1S/C21H25F2N3OS/c1-10(2)26-18-16(19(27)25-20(26)28)14(17(22)23)6-15(24-18)21-7-11-3-12(8-21)5-13(4-11)9-21/h6,10-13,17H,3-5,7-9H2,1-2H3,(H,25,27,28). The summed E-state index contributed by atoms with van der Waals surface area (Å²) in [5.74, 6) is 2.05. The van der Waals surface area contributed by atoms with Gasteiger partial charge in [0.2, 0.25) is 0 Å². The summed E-state index contributed by atoms with van der Waals surface area (Å²) < 4.78 is 30.0. The van der Waals surface area contributed by atoms with Crippen LogP contribution in [0.4, 0.5) is 8.78 Å². The highest BCUT2D eigenvalue weighted by atomic mass is 32.1. The fourth-order valence-electron chi connectivity index (χ4n) is 6.62. The van der Waals surface area contributed by atoms with Crippen molar-refractivity contribution in [1.29, 1.82) is 0 Å². The normalized spacial score (nSPS) is 31.4. The van der Waals surface area contributed by atoms with E-state index in [1.807, 2.05) is 13.8 Å². The Morgan fingerprint density at radius 3 is 2.25 bits per heavy atom. The summed E-state index contributed by atoms with van der Waals surface area (Å²) in [6.45, 7) is 3.85. The summed E-state index contributed by atoms with van der Waals surface area (Å²) in [4.78, 5) is 20.0. The first kappa shape index (κ1) is 18.4. The average Bonchev–Trinajstić information content (AvgIpc) is 2.59. The average molecular weight is 406 g/mol. The maximum absolute atomic E-state index is 14.0. The van der Waals surface area contributed by atoms with Gasteiger partial charge in [-0.15, -0.1) is 0 Å². The van der Waals surface area contributed by atoms with E-state index in [2.05, 4.69) is 4.98 Å². The molecule has 28 heavy (non-hydrogen) atoms. The Balaban J connectivity index is 1.81. The molecule has 0 aromatic carbocycles. The quantitative estimate of drug-likeness (QED) is 0.692. The molecule has 0 atom stereocenters. The van der Waals surface area contributed by atoms with Crippen LogP contribution in [-0.4, -0.2) is 14.5 Å². The summed E-state index contributed by atoms with van der Waals surface area (Å²) in [5, 5.41) is -0.0224. The maximum atomic E-state index is 14.0. The van der Waals surface area contributed by atoms with Gasteiger partial charge >= 0.3 is 0 Å². The first-order chi connectivity index (χ1) is 13.3. The summed E-state index contributed by atoms with van der Waals surface area (Å²) >= 11 is 5.34. The van der Waals surface area contributed by atoms with Crippen molar-refractivity contribution in [3.63, 3.8) is 0 Å². The van der Waals surface area contributed by atoms with Crippen LogP contribution in [0.1, 0.15) is 76.1 Å². The van der Waals surface area contributed by atoms with Gasteiger partial charge < -0.3 is 0 Å². The van der Waals surface area contributed by atoms with Gasteiger partial charge in [-0.3, -0.25) is 14.3 Å². The Morgan fingerprint density at radius 1 is 1.18 bits per heavy atom. The smallest absolute Gasteiger partial charge is 0.264 e. The predicted octanol–water partition coefficient (Wildman–Crippen LogP) is 5.44. The molecule has 4 fully saturated rings. The second kappa shape index (κ2) is 6.18. The number of nitrogens with zero attached hydrogens (tertiary/aromatic N) is 2. The van der Waals surface area contributed by atoms with Crippen LogP contribution in [0, 0.1) is 22.5 Å². The van der Waals surface area contributed by atoms with Crippen LogP contribution in [-0.2, 0) is 5.41 Å². The van der Waals surface area contributed by atoms with Gasteiger partial charge in [-0.05, 0) is 88.4 Å². The second-order valence-corrected chi connectivity index (χ2v) is 9.90. The van der Waals surface area contributed by atoms with Crippen LogP contribution in [0.3, 0.4) is 0 Å². The molecule has 1 N–H and O–H groups in total. The van der Waals surface area contributed by atoms with E-state index in [9.17, 15) is 13.6 Å². The molecular weight excluding hydrogens is 380 g/mol. The Morgan fingerprint density at radius 2 is 1.75 bits per heavy atom. The van der Waals surface area contributed by atoms with Gasteiger partial charge in [0.1, 0.15) is 5.65 Å². The molecule has 7 heteroatoms. The number of alkyl halides is 2. The first-order valence-electron chi connectivity index (χ1n) is 10.3. The molecule has 4 aliphatic rings. The van der Waals surface area contributed by atoms with Crippen molar-refractivity contribution in [2.45, 2.75) is 70.3 Å². The highest BCUT2D eigenvalue weighted by Crippen LogP contribution is 2.60. The second-order valence-electron chi connectivity index (χ2n) is 9.52. The monoisotopic (exact) mass is 405 g/mol. The van der Waals surface area contributed by atoms with Crippen LogP contribution in [0.25, 0.3) is 11.0 Å². The lowest BCUT2D eigenvalue weighted by Crippen LogP contribution is -2.49. The summed E-state index contributed by atoms with van der Waals surface area (Å²) in [6.07, 6.45) is 4.20. The molecule has 4 aliphatic carbocycles. The van der Waals surface area contributed by atoms with Gasteiger partial charge in [-0.2, -0.15) is 0 Å². The zero-order valence-electron chi connectivity index (χ0n) is 16.2. The number of H-pyrrole nitrogens is 1. The lowest BCUT2D eigenvalue weighted by molar-refractivity contribution is -0.00723. The molecule has 6 rings (SSSR count). The Kier molecular flexibility index (Phi) is 4.06. The SMILES string of the molecule is CC(C)n1c(=S)[nH]c(=O)c2c(C(F)F)cc(C34CC5CC(CC(C5)C3)C4)nc21. The number of aromatic amines is 1. The fourth-order valence-corrected chi connectivity index (χ4v) is 7.01. The number of rotatable bonds is 3.